The average Bonchev–Trinajstić information content (AvgIpc) is 2.12. The van der Waals surface area contributed by atoms with Crippen molar-refractivity contribution < 1.29 is 24.0 Å². The topological polar surface area (TPSA) is 128 Å². The van der Waals surface area contributed by atoms with Gasteiger partial charge in [-0.3, -0.25) is 30.3 Å². The van der Waals surface area contributed by atoms with Crippen LogP contribution in [-0.4, -0.2) is 34.6 Å². The summed E-state index contributed by atoms with van der Waals surface area (Å²) in [4.78, 5) is 42.8. The Balaban J connectivity index is 3.07. The van der Waals surface area contributed by atoms with Crippen molar-refractivity contribution >= 4 is 17.9 Å². The first-order valence-electron chi connectivity index (χ1n) is 4.22. The predicted octanol–water partition coefficient (Wildman–Crippen LogP) is -1.25. The molecule has 9 nitrogen and oxygen atoms in total. The third kappa shape index (κ3) is 1.78. The number of ether oxygens (including phenoxy) is 1. The molecule has 9 heteroatoms. The lowest BCUT2D eigenvalue weighted by molar-refractivity contribution is -0.561. The van der Waals surface area contributed by atoms with Gasteiger partial charge < -0.3 is 4.74 Å². The van der Waals surface area contributed by atoms with Gasteiger partial charge in [0, 0.05) is 18.8 Å². The number of imide groups is 1. The summed E-state index contributed by atoms with van der Waals surface area (Å²) in [5.41, 5.74) is -2.24. The monoisotopic (exact) mass is 231 g/mol. The molecular weight excluding hydrogens is 222 g/mol. The first-order chi connectivity index (χ1) is 7.28. The molecule has 1 heterocycles. The van der Waals surface area contributed by atoms with E-state index in [0.717, 1.165) is 13.8 Å². The van der Waals surface area contributed by atoms with E-state index < -0.39 is 34.6 Å². The van der Waals surface area contributed by atoms with Gasteiger partial charge in [-0.25, -0.2) is 4.79 Å². The van der Waals surface area contributed by atoms with Crippen LogP contribution in [0, 0.1) is 10.1 Å². The second-order valence-corrected chi connectivity index (χ2v) is 3.32. The Morgan fingerprint density at radius 1 is 1.56 bits per heavy atom. The van der Waals surface area contributed by atoms with Gasteiger partial charge >= 0.3 is 23.4 Å². The van der Waals surface area contributed by atoms with Gasteiger partial charge in [-0.1, -0.05) is 0 Å². The highest BCUT2D eigenvalue weighted by Gasteiger charge is 2.59. The zero-order chi connectivity index (χ0) is 12.5. The lowest BCUT2D eigenvalue weighted by Crippen LogP contribution is -2.71. The van der Waals surface area contributed by atoms with Crippen molar-refractivity contribution in [3.05, 3.63) is 10.1 Å². The van der Waals surface area contributed by atoms with Gasteiger partial charge in [-0.2, -0.15) is 0 Å². The van der Waals surface area contributed by atoms with Crippen LogP contribution in [0.2, 0.25) is 0 Å². The van der Waals surface area contributed by atoms with Crippen LogP contribution in [0.1, 0.15) is 13.8 Å². The molecule has 0 radical (unpaired) electrons. The van der Waals surface area contributed by atoms with Gasteiger partial charge in [0.25, 0.3) is 6.23 Å². The predicted molar refractivity (Wildman–Crippen MR) is 47.6 cm³/mol. The third-order valence-electron chi connectivity index (χ3n) is 2.12. The molecule has 0 spiro atoms. The lowest BCUT2D eigenvalue weighted by Gasteiger charge is -2.31. The summed E-state index contributed by atoms with van der Waals surface area (Å²) < 4.78 is 4.54. The van der Waals surface area contributed by atoms with E-state index in [9.17, 15) is 24.5 Å². The third-order valence-corrected chi connectivity index (χ3v) is 2.12. The molecule has 0 aromatic rings. The molecule has 0 bridgehead atoms. The Hall–Kier alpha value is -2.19. The van der Waals surface area contributed by atoms with Crippen LogP contribution in [0.3, 0.4) is 0 Å². The molecule has 1 rings (SSSR count). The molecule has 0 aromatic heterocycles. The lowest BCUT2D eigenvalue weighted by atomic mass is 9.98. The number of amides is 3. The summed E-state index contributed by atoms with van der Waals surface area (Å²) in [5, 5.41) is 14.5. The summed E-state index contributed by atoms with van der Waals surface area (Å²) in [7, 11) is 0. The molecule has 1 aliphatic heterocycles. The maximum Gasteiger partial charge on any atom is 0.350 e. The number of hydrogen-bond donors (Lipinski definition) is 2. The summed E-state index contributed by atoms with van der Waals surface area (Å²) >= 11 is 0. The Morgan fingerprint density at radius 2 is 2.12 bits per heavy atom. The fraction of sp³-hybridized carbons (Fsp3) is 0.571. The van der Waals surface area contributed by atoms with Crippen molar-refractivity contribution in [1.29, 1.82) is 0 Å². The van der Waals surface area contributed by atoms with Crippen molar-refractivity contribution in [2.75, 3.05) is 0 Å². The standard InChI is InChI=1S/C7H9N3O6/c1-3(11)16-5-7(2,10(14)15)4(12)8-6(13)9-5/h5H,1-2H3,(H2,8,9,12,13). The summed E-state index contributed by atoms with van der Waals surface area (Å²) in [6, 6.07) is -0.949. The first kappa shape index (κ1) is 11.9. The van der Waals surface area contributed by atoms with E-state index in [1.165, 1.54) is 0 Å². The number of urea groups is 1. The van der Waals surface area contributed by atoms with Crippen LogP contribution in [-0.2, 0) is 14.3 Å². The van der Waals surface area contributed by atoms with E-state index in [2.05, 4.69) is 4.74 Å². The number of nitrogens with zero attached hydrogens (tertiary/aromatic N) is 1. The Labute approximate surface area is 89.3 Å². The Morgan fingerprint density at radius 3 is 2.56 bits per heavy atom. The second kappa shape index (κ2) is 3.76. The maximum atomic E-state index is 11.4. The van der Waals surface area contributed by atoms with Crippen molar-refractivity contribution in [1.82, 2.24) is 10.6 Å². The van der Waals surface area contributed by atoms with Gasteiger partial charge in [0.1, 0.15) is 0 Å². The number of nitro groups is 1. The fourth-order valence-corrected chi connectivity index (χ4v) is 1.13. The van der Waals surface area contributed by atoms with Crippen molar-refractivity contribution in [3.8, 4) is 0 Å². The highest BCUT2D eigenvalue weighted by molar-refractivity contribution is 6.01. The van der Waals surface area contributed by atoms with Crippen LogP contribution < -0.4 is 10.6 Å². The number of carbonyl (C=O) groups excluding carboxylic acids is 3. The van der Waals surface area contributed by atoms with E-state index >= 15 is 0 Å². The minimum Gasteiger partial charge on any atom is -0.433 e. The van der Waals surface area contributed by atoms with E-state index in [4.69, 9.17) is 0 Å². The largest absolute Gasteiger partial charge is 0.433 e. The van der Waals surface area contributed by atoms with Crippen molar-refractivity contribution in [2.45, 2.75) is 25.6 Å². The molecule has 2 unspecified atom stereocenters. The number of esters is 1. The van der Waals surface area contributed by atoms with E-state index in [0.29, 0.717) is 0 Å². The number of hydrogen-bond acceptors (Lipinski definition) is 6. The SMILES string of the molecule is CC(=O)OC1NC(=O)NC(=O)C1(C)[N+](=O)[O-]. The molecule has 2 N–H and O–H groups in total. The Kier molecular flexibility index (Phi) is 2.79. The molecular formula is C7H9N3O6. The number of carbonyl (C=O) groups is 3. The quantitative estimate of drug-likeness (QED) is 0.347. The molecule has 0 saturated carbocycles. The minimum absolute atomic E-state index is 0.840. The summed E-state index contributed by atoms with van der Waals surface area (Å²) in [6.45, 7) is 1.97. The second-order valence-electron chi connectivity index (χ2n) is 3.32. The molecule has 3 amide bonds. The first-order valence-corrected chi connectivity index (χ1v) is 4.22. The molecule has 88 valence electrons. The number of rotatable bonds is 2. The van der Waals surface area contributed by atoms with Crippen LogP contribution in [0.5, 0.6) is 0 Å². The van der Waals surface area contributed by atoms with Crippen LogP contribution in [0.15, 0.2) is 0 Å². The molecule has 2 atom stereocenters. The Bertz CT molecular complexity index is 378. The molecule has 16 heavy (non-hydrogen) atoms. The molecule has 0 aliphatic carbocycles. The van der Waals surface area contributed by atoms with Crippen molar-refractivity contribution in [3.63, 3.8) is 0 Å². The van der Waals surface area contributed by atoms with Gasteiger partial charge in [0.2, 0.25) is 0 Å². The molecule has 1 saturated heterocycles. The van der Waals surface area contributed by atoms with Gasteiger partial charge in [0.05, 0.1) is 0 Å². The molecule has 1 aliphatic rings. The van der Waals surface area contributed by atoms with Gasteiger partial charge in [0.15, 0.2) is 0 Å². The van der Waals surface area contributed by atoms with Gasteiger partial charge in [-0.15, -0.1) is 0 Å². The maximum absolute atomic E-state index is 11.4. The molecule has 0 aromatic carbocycles. The zero-order valence-electron chi connectivity index (χ0n) is 8.47. The number of nitrogens with one attached hydrogen (secondary N) is 2. The van der Waals surface area contributed by atoms with Crippen LogP contribution in [0.4, 0.5) is 4.79 Å². The normalized spacial score (nSPS) is 29.0. The van der Waals surface area contributed by atoms with Crippen LogP contribution >= 0.6 is 0 Å². The zero-order valence-corrected chi connectivity index (χ0v) is 8.47. The average molecular weight is 231 g/mol. The fourth-order valence-electron chi connectivity index (χ4n) is 1.13. The molecule has 1 fully saturated rings. The highest BCUT2D eigenvalue weighted by Crippen LogP contribution is 2.19. The van der Waals surface area contributed by atoms with E-state index in [1.807, 2.05) is 5.32 Å². The van der Waals surface area contributed by atoms with Gasteiger partial charge in [-0.05, 0) is 0 Å². The smallest absolute Gasteiger partial charge is 0.350 e. The minimum atomic E-state index is -2.24. The van der Waals surface area contributed by atoms with Crippen LogP contribution in [0.25, 0.3) is 0 Å². The van der Waals surface area contributed by atoms with E-state index in [1.54, 1.807) is 5.32 Å². The highest BCUT2D eigenvalue weighted by atomic mass is 16.6. The van der Waals surface area contributed by atoms with Crippen molar-refractivity contribution in [2.24, 2.45) is 0 Å². The summed E-state index contributed by atoms with van der Waals surface area (Å²) in [5.74, 6) is -1.97. The van der Waals surface area contributed by atoms with E-state index in [-0.39, 0.29) is 0 Å². The summed E-state index contributed by atoms with van der Waals surface area (Å²) in [6.07, 6.45) is -1.62.